The van der Waals surface area contributed by atoms with Crippen LogP contribution in [0.3, 0.4) is 0 Å². The Kier molecular flexibility index (Phi) is 5.12. The quantitative estimate of drug-likeness (QED) is 0.615. The van der Waals surface area contributed by atoms with E-state index in [0.29, 0.717) is 17.5 Å². The number of alkyl halides is 3. The van der Waals surface area contributed by atoms with Crippen LogP contribution in [0.15, 0.2) is 30.5 Å². The molecule has 1 N–H and O–H groups in total. The summed E-state index contributed by atoms with van der Waals surface area (Å²) in [5.74, 6) is -0.700. The molecule has 0 unspecified atom stereocenters. The van der Waals surface area contributed by atoms with Crippen LogP contribution < -0.4 is 5.32 Å². The van der Waals surface area contributed by atoms with Gasteiger partial charge in [-0.05, 0) is 50.7 Å². The van der Waals surface area contributed by atoms with E-state index in [1.54, 1.807) is 22.7 Å². The van der Waals surface area contributed by atoms with Crippen molar-refractivity contribution in [2.75, 3.05) is 25.5 Å². The van der Waals surface area contributed by atoms with Crippen molar-refractivity contribution < 1.29 is 17.6 Å². The first-order chi connectivity index (χ1) is 13.7. The van der Waals surface area contributed by atoms with E-state index in [-0.39, 0.29) is 16.8 Å². The molecule has 10 heteroatoms. The molecule has 3 aromatic rings. The second-order valence-electron chi connectivity index (χ2n) is 7.19. The number of likely N-dealkylation sites (tertiary alicyclic amines) is 1. The van der Waals surface area contributed by atoms with Gasteiger partial charge in [-0.2, -0.15) is 13.2 Å². The summed E-state index contributed by atoms with van der Waals surface area (Å²) in [4.78, 5) is 2.19. The summed E-state index contributed by atoms with van der Waals surface area (Å²) in [7, 11) is 2.02. The molecule has 0 spiro atoms. The van der Waals surface area contributed by atoms with E-state index < -0.39 is 23.1 Å². The smallest absolute Gasteiger partial charge is 0.350 e. The minimum absolute atomic E-state index is 0.137. The number of fused-ring (bicyclic) bond motifs is 1. The lowest BCUT2D eigenvalue weighted by Crippen LogP contribution is -2.40. The molecule has 1 fully saturated rings. The van der Waals surface area contributed by atoms with Crippen LogP contribution in [-0.2, 0) is 6.18 Å². The molecule has 5 nitrogen and oxygen atoms in total. The van der Waals surface area contributed by atoms with E-state index in [2.05, 4.69) is 20.4 Å². The van der Waals surface area contributed by atoms with Gasteiger partial charge in [-0.3, -0.25) is 4.40 Å². The first kappa shape index (κ1) is 19.9. The summed E-state index contributed by atoms with van der Waals surface area (Å²) in [5.41, 5.74) is -1.72. The van der Waals surface area contributed by atoms with Gasteiger partial charge in [0, 0.05) is 23.8 Å². The molecule has 2 aromatic heterocycles. The topological polar surface area (TPSA) is 45.5 Å². The number of halogens is 5. The average Bonchev–Trinajstić information content (AvgIpc) is 3.12. The maximum Gasteiger partial charge on any atom is 0.417 e. The van der Waals surface area contributed by atoms with E-state index in [9.17, 15) is 17.6 Å². The highest BCUT2D eigenvalue weighted by Crippen LogP contribution is 2.41. The summed E-state index contributed by atoms with van der Waals surface area (Å²) in [6, 6.07) is 4.91. The van der Waals surface area contributed by atoms with Crippen molar-refractivity contribution in [1.82, 2.24) is 19.5 Å². The van der Waals surface area contributed by atoms with Crippen LogP contribution in [0.2, 0.25) is 5.02 Å². The van der Waals surface area contributed by atoms with Gasteiger partial charge in [0.15, 0.2) is 0 Å². The maximum absolute atomic E-state index is 14.6. The normalized spacial score (nSPS) is 18.3. The molecule has 0 aliphatic carbocycles. The second-order valence-corrected chi connectivity index (χ2v) is 7.63. The van der Waals surface area contributed by atoms with Gasteiger partial charge >= 0.3 is 6.18 Å². The van der Waals surface area contributed by atoms with E-state index >= 15 is 0 Å². The number of benzene rings is 1. The molecule has 0 bridgehead atoms. The fourth-order valence-electron chi connectivity index (χ4n) is 3.74. The fourth-order valence-corrected chi connectivity index (χ4v) is 3.94. The van der Waals surface area contributed by atoms with Gasteiger partial charge in [0.2, 0.25) is 5.95 Å². The van der Waals surface area contributed by atoms with Gasteiger partial charge in [-0.1, -0.05) is 11.6 Å². The molecule has 0 radical (unpaired) electrons. The number of piperidine rings is 1. The van der Waals surface area contributed by atoms with Gasteiger partial charge in [-0.25, -0.2) is 4.39 Å². The zero-order valence-electron chi connectivity index (χ0n) is 15.5. The molecule has 154 valence electrons. The van der Waals surface area contributed by atoms with E-state index in [0.717, 1.165) is 32.0 Å². The molecular formula is C19H18ClF4N5. The molecule has 1 aliphatic heterocycles. The third kappa shape index (κ3) is 3.89. The van der Waals surface area contributed by atoms with Crippen LogP contribution in [0.5, 0.6) is 0 Å². The minimum atomic E-state index is -4.80. The maximum atomic E-state index is 14.6. The number of anilines is 1. The summed E-state index contributed by atoms with van der Waals surface area (Å²) in [6.45, 7) is 1.83. The number of hydrogen-bond acceptors (Lipinski definition) is 4. The van der Waals surface area contributed by atoms with Crippen molar-refractivity contribution in [2.24, 2.45) is 0 Å². The lowest BCUT2D eigenvalue weighted by atomic mass is 10.0. The molecule has 3 heterocycles. The van der Waals surface area contributed by atoms with Gasteiger partial charge < -0.3 is 10.2 Å². The third-order valence-corrected chi connectivity index (χ3v) is 5.24. The van der Waals surface area contributed by atoms with Gasteiger partial charge in [-0.15, -0.1) is 10.2 Å². The minimum Gasteiger partial charge on any atom is -0.350 e. The Balaban J connectivity index is 1.81. The standard InChI is InChI=1S/C19H18ClF4N5/c1-28-6-2-4-12(10-28)25-18-27-26-17(15-5-3-7-29(15)18)16-13(19(22,23)24)8-11(20)9-14(16)21/h3,5,7-9,12H,2,4,6,10H2,1H3,(H,25,27)/t12-/m1/s1. The zero-order valence-corrected chi connectivity index (χ0v) is 16.2. The molecule has 1 saturated heterocycles. The Morgan fingerprint density at radius 3 is 2.76 bits per heavy atom. The Bertz CT molecular complexity index is 1050. The van der Waals surface area contributed by atoms with Crippen molar-refractivity contribution >= 4 is 23.1 Å². The third-order valence-electron chi connectivity index (χ3n) is 5.02. The highest BCUT2D eigenvalue weighted by atomic mass is 35.5. The van der Waals surface area contributed by atoms with Crippen molar-refractivity contribution in [2.45, 2.75) is 25.1 Å². The van der Waals surface area contributed by atoms with Crippen LogP contribution >= 0.6 is 11.6 Å². The van der Waals surface area contributed by atoms with Crippen LogP contribution in [0.4, 0.5) is 23.5 Å². The molecular weight excluding hydrogens is 410 g/mol. The highest BCUT2D eigenvalue weighted by molar-refractivity contribution is 6.30. The van der Waals surface area contributed by atoms with Crippen LogP contribution in [-0.4, -0.2) is 45.7 Å². The Labute approximate surface area is 169 Å². The first-order valence-corrected chi connectivity index (χ1v) is 9.47. The predicted molar refractivity (Wildman–Crippen MR) is 103 cm³/mol. The van der Waals surface area contributed by atoms with Crippen LogP contribution in [0.25, 0.3) is 16.8 Å². The van der Waals surface area contributed by atoms with E-state index in [4.69, 9.17) is 11.6 Å². The molecule has 4 rings (SSSR count). The highest BCUT2D eigenvalue weighted by Gasteiger charge is 2.37. The number of nitrogens with zero attached hydrogens (tertiary/aromatic N) is 4. The number of likely N-dealkylation sites (N-methyl/N-ethyl adjacent to an activating group) is 1. The molecule has 29 heavy (non-hydrogen) atoms. The lowest BCUT2D eigenvalue weighted by molar-refractivity contribution is -0.137. The van der Waals surface area contributed by atoms with Crippen molar-refractivity contribution in [3.63, 3.8) is 0 Å². The zero-order chi connectivity index (χ0) is 20.8. The number of hydrogen-bond donors (Lipinski definition) is 1. The van der Waals surface area contributed by atoms with Crippen LogP contribution in [0, 0.1) is 5.82 Å². The molecule has 0 amide bonds. The lowest BCUT2D eigenvalue weighted by Gasteiger charge is -2.30. The Morgan fingerprint density at radius 2 is 2.03 bits per heavy atom. The summed E-state index contributed by atoms with van der Waals surface area (Å²) < 4.78 is 56.8. The summed E-state index contributed by atoms with van der Waals surface area (Å²) in [6.07, 6.45) is -1.17. The largest absolute Gasteiger partial charge is 0.417 e. The number of rotatable bonds is 3. The summed E-state index contributed by atoms with van der Waals surface area (Å²) in [5, 5.41) is 11.0. The molecule has 0 saturated carbocycles. The number of nitrogens with one attached hydrogen (secondary N) is 1. The fraction of sp³-hybridized carbons (Fsp3) is 0.368. The monoisotopic (exact) mass is 427 g/mol. The van der Waals surface area contributed by atoms with Crippen LogP contribution in [0.1, 0.15) is 18.4 Å². The van der Waals surface area contributed by atoms with Gasteiger partial charge in [0.25, 0.3) is 0 Å². The SMILES string of the molecule is CN1CCC[C@@H](Nc2nnc(-c3c(F)cc(Cl)cc3C(F)(F)F)c3cccn23)C1. The van der Waals surface area contributed by atoms with Crippen molar-refractivity contribution in [3.05, 3.63) is 46.9 Å². The van der Waals surface area contributed by atoms with Gasteiger partial charge in [0.05, 0.1) is 16.6 Å². The molecule has 1 aromatic carbocycles. The molecule has 1 atom stereocenters. The second kappa shape index (κ2) is 7.46. The Hall–Kier alpha value is -2.39. The summed E-state index contributed by atoms with van der Waals surface area (Å²) >= 11 is 5.66. The van der Waals surface area contributed by atoms with Crippen molar-refractivity contribution in [1.29, 1.82) is 0 Å². The number of aromatic nitrogens is 3. The predicted octanol–water partition coefficient (Wildman–Crippen LogP) is 4.71. The van der Waals surface area contributed by atoms with Crippen molar-refractivity contribution in [3.8, 4) is 11.3 Å². The Morgan fingerprint density at radius 1 is 1.24 bits per heavy atom. The van der Waals surface area contributed by atoms with E-state index in [1.165, 1.54) is 0 Å². The molecule has 1 aliphatic rings. The van der Waals surface area contributed by atoms with Gasteiger partial charge in [0.1, 0.15) is 11.5 Å². The first-order valence-electron chi connectivity index (χ1n) is 9.09. The average molecular weight is 428 g/mol. The van der Waals surface area contributed by atoms with E-state index in [1.807, 2.05) is 7.05 Å².